The molecule has 6 heteroatoms. The molecule has 0 amide bonds. The fourth-order valence-electron chi connectivity index (χ4n) is 0.222. The molecule has 0 aliphatic carbocycles. The molecule has 0 fully saturated rings. The first kappa shape index (κ1) is 18.5. The summed E-state index contributed by atoms with van der Waals surface area (Å²) in [7, 11) is 0. The van der Waals surface area contributed by atoms with Crippen LogP contribution in [0.2, 0.25) is 0 Å². The molecule has 0 spiro atoms. The van der Waals surface area contributed by atoms with Crippen molar-refractivity contribution in [3.8, 4) is 6.07 Å². The van der Waals surface area contributed by atoms with Crippen LogP contribution in [0.15, 0.2) is 11.8 Å². The summed E-state index contributed by atoms with van der Waals surface area (Å²) in [5, 5.41) is 27.4. The number of allylic oxidation sites excluding steroid dienone is 1. The van der Waals surface area contributed by atoms with Gasteiger partial charge in [0, 0.05) is 12.4 Å². The standard InChI is InChI=1S/C5H5NO3.2K/c6-3-4(7)1-2-5(8)9;;/h1,7H,2H2,(H,8,9);;/q;2*+1/p-2/b4-1+;;. The van der Waals surface area contributed by atoms with Crippen molar-refractivity contribution in [3.63, 3.8) is 0 Å². The first-order valence-corrected chi connectivity index (χ1v) is 2.14. The summed E-state index contributed by atoms with van der Waals surface area (Å²) in [5.74, 6) is -2.21. The van der Waals surface area contributed by atoms with Gasteiger partial charge in [0.05, 0.1) is 6.07 Å². The summed E-state index contributed by atoms with van der Waals surface area (Å²) in [5.41, 5.74) is 0. The van der Waals surface area contributed by atoms with Gasteiger partial charge in [-0.2, -0.15) is 5.26 Å². The van der Waals surface area contributed by atoms with E-state index in [0.29, 0.717) is 0 Å². The van der Waals surface area contributed by atoms with Crippen molar-refractivity contribution in [3.05, 3.63) is 11.8 Å². The van der Waals surface area contributed by atoms with Crippen LogP contribution < -0.4 is 113 Å². The van der Waals surface area contributed by atoms with E-state index in [9.17, 15) is 15.0 Å². The van der Waals surface area contributed by atoms with Crippen LogP contribution >= 0.6 is 0 Å². The van der Waals surface area contributed by atoms with E-state index in [2.05, 4.69) is 0 Å². The molecule has 0 aromatic rings. The smallest absolute Gasteiger partial charge is 0.865 e. The first-order valence-electron chi connectivity index (χ1n) is 2.14. The van der Waals surface area contributed by atoms with E-state index in [4.69, 9.17) is 5.26 Å². The van der Waals surface area contributed by atoms with Crippen molar-refractivity contribution in [2.45, 2.75) is 6.42 Å². The van der Waals surface area contributed by atoms with Gasteiger partial charge in [-0.05, 0) is 5.76 Å². The molecular formula is C5H3K2NO3. The Kier molecular flexibility index (Phi) is 19.8. The van der Waals surface area contributed by atoms with Crippen LogP contribution in [-0.4, -0.2) is 5.97 Å². The van der Waals surface area contributed by atoms with Crippen LogP contribution in [0.25, 0.3) is 0 Å². The fraction of sp³-hybridized carbons (Fsp3) is 0.200. The molecule has 11 heavy (non-hydrogen) atoms. The van der Waals surface area contributed by atoms with E-state index in [1.54, 1.807) is 0 Å². The van der Waals surface area contributed by atoms with Gasteiger partial charge in [-0.1, -0.05) is 6.08 Å². The van der Waals surface area contributed by atoms with Gasteiger partial charge < -0.3 is 15.0 Å². The molecule has 0 N–H and O–H groups in total. The van der Waals surface area contributed by atoms with E-state index in [1.807, 2.05) is 0 Å². The van der Waals surface area contributed by atoms with Crippen LogP contribution in [0.3, 0.4) is 0 Å². The normalized spacial score (nSPS) is 8.45. The van der Waals surface area contributed by atoms with Crippen molar-refractivity contribution >= 4 is 5.97 Å². The average Bonchev–Trinajstić information content (AvgIpc) is 1.83. The molecule has 0 bridgehead atoms. The van der Waals surface area contributed by atoms with Gasteiger partial charge in [0.15, 0.2) is 0 Å². The van der Waals surface area contributed by atoms with E-state index >= 15 is 0 Å². The predicted octanol–water partition coefficient (Wildman–Crippen LogP) is -8.10. The van der Waals surface area contributed by atoms with Gasteiger partial charge >= 0.3 is 103 Å². The number of carboxylic acid groups (broad SMARTS) is 1. The van der Waals surface area contributed by atoms with Crippen molar-refractivity contribution in [1.29, 1.82) is 5.26 Å². The Morgan fingerprint density at radius 2 is 1.91 bits per heavy atom. The maximum absolute atomic E-state index is 10.0. The van der Waals surface area contributed by atoms with Crippen LogP contribution in [0.1, 0.15) is 6.42 Å². The molecule has 0 unspecified atom stereocenters. The van der Waals surface area contributed by atoms with Gasteiger partial charge in [-0.15, -0.1) is 0 Å². The number of nitrogens with zero attached hydrogens (tertiary/aromatic N) is 1. The summed E-state index contributed by atoms with van der Waals surface area (Å²) in [6, 6.07) is 1.23. The van der Waals surface area contributed by atoms with Crippen LogP contribution in [0.4, 0.5) is 0 Å². The largest absolute Gasteiger partial charge is 1.00 e. The second-order valence-electron chi connectivity index (χ2n) is 1.26. The summed E-state index contributed by atoms with van der Waals surface area (Å²) in [4.78, 5) is 9.62. The molecule has 0 atom stereocenters. The molecule has 0 rings (SSSR count). The number of carboxylic acids is 1. The van der Waals surface area contributed by atoms with Gasteiger partial charge in [0.1, 0.15) is 0 Å². The molecule has 0 saturated carbocycles. The first-order chi connectivity index (χ1) is 4.16. The number of hydrogen-bond acceptors (Lipinski definition) is 4. The molecule has 0 radical (unpaired) electrons. The van der Waals surface area contributed by atoms with Gasteiger partial charge in [0.25, 0.3) is 0 Å². The van der Waals surface area contributed by atoms with Gasteiger partial charge in [-0.25, -0.2) is 0 Å². The monoisotopic (exact) mass is 203 g/mol. The summed E-state index contributed by atoms with van der Waals surface area (Å²) in [6.07, 6.45) is 0.266. The maximum Gasteiger partial charge on any atom is 1.00 e. The minimum absolute atomic E-state index is 0. The zero-order valence-electron chi connectivity index (χ0n) is 6.46. The summed E-state index contributed by atoms with van der Waals surface area (Å²) in [6.45, 7) is 0. The summed E-state index contributed by atoms with van der Waals surface area (Å²) >= 11 is 0. The molecule has 4 nitrogen and oxygen atoms in total. The Labute approximate surface area is 149 Å². The quantitative estimate of drug-likeness (QED) is 0.253. The Hall–Kier alpha value is 1.77. The number of nitriles is 1. The van der Waals surface area contributed by atoms with Crippen molar-refractivity contribution in [1.82, 2.24) is 0 Å². The SMILES string of the molecule is N#C/C([O-])=C\CC(=O)[O-].[K+].[K+]. The number of carbonyl (C=O) groups is 1. The topological polar surface area (TPSA) is 87.0 Å². The molecule has 0 saturated heterocycles. The number of rotatable bonds is 2. The van der Waals surface area contributed by atoms with E-state index < -0.39 is 18.1 Å². The van der Waals surface area contributed by atoms with Crippen LogP contribution in [0.5, 0.6) is 0 Å². The zero-order valence-corrected chi connectivity index (χ0v) is 12.7. The summed E-state index contributed by atoms with van der Waals surface area (Å²) < 4.78 is 0. The number of hydrogen-bond donors (Lipinski definition) is 0. The third kappa shape index (κ3) is 14.6. The van der Waals surface area contributed by atoms with E-state index in [1.165, 1.54) is 6.07 Å². The second kappa shape index (κ2) is 11.8. The molecule has 0 aromatic heterocycles. The average molecular weight is 203 g/mol. The van der Waals surface area contributed by atoms with Gasteiger partial charge in [0.2, 0.25) is 0 Å². The van der Waals surface area contributed by atoms with Crippen molar-refractivity contribution < 1.29 is 118 Å². The third-order valence-corrected chi connectivity index (χ3v) is 0.564. The van der Waals surface area contributed by atoms with Crippen molar-refractivity contribution in [2.24, 2.45) is 0 Å². The van der Waals surface area contributed by atoms with E-state index in [0.717, 1.165) is 6.08 Å². The molecular weight excluding hydrogens is 200 g/mol. The fourth-order valence-corrected chi connectivity index (χ4v) is 0.222. The Morgan fingerprint density at radius 1 is 1.45 bits per heavy atom. The maximum atomic E-state index is 10.0. The van der Waals surface area contributed by atoms with Crippen LogP contribution in [-0.2, 0) is 4.79 Å². The Morgan fingerprint density at radius 3 is 2.18 bits per heavy atom. The minimum Gasteiger partial charge on any atom is -0.865 e. The molecule has 0 aliphatic rings. The van der Waals surface area contributed by atoms with Crippen LogP contribution in [0, 0.1) is 11.3 Å². The predicted molar refractivity (Wildman–Crippen MR) is 23.3 cm³/mol. The molecule has 0 aliphatic heterocycles. The zero-order chi connectivity index (χ0) is 7.28. The number of aliphatic carboxylic acids is 1. The Balaban J connectivity index is -0.000000320. The molecule has 48 valence electrons. The second-order valence-corrected chi connectivity index (χ2v) is 1.26. The van der Waals surface area contributed by atoms with E-state index in [-0.39, 0.29) is 103 Å². The minimum atomic E-state index is -1.36. The molecule has 0 heterocycles. The third-order valence-electron chi connectivity index (χ3n) is 0.564. The Bertz CT molecular complexity index is 185. The molecule has 0 aromatic carbocycles. The van der Waals surface area contributed by atoms with Crippen molar-refractivity contribution in [2.75, 3.05) is 0 Å². The van der Waals surface area contributed by atoms with Gasteiger partial charge in [-0.3, -0.25) is 0 Å². The number of carbonyl (C=O) groups excluding carboxylic acids is 1.